The highest BCUT2D eigenvalue weighted by atomic mass is 16.5. The molecule has 2 fully saturated rings. The minimum Gasteiger partial charge on any atom is -0.374 e. The molecular weight excluding hydrogens is 268 g/mol. The molecule has 6 nitrogen and oxygen atoms in total. The van der Waals surface area contributed by atoms with E-state index in [1.165, 1.54) is 5.56 Å². The highest BCUT2D eigenvalue weighted by Gasteiger charge is 2.40. The van der Waals surface area contributed by atoms with Crippen molar-refractivity contribution >= 4 is 11.9 Å². The lowest BCUT2D eigenvalue weighted by molar-refractivity contribution is -0.130. The number of nitrogens with zero attached hydrogens (tertiary/aromatic N) is 4. The molecule has 0 N–H and O–H groups in total. The molecule has 114 valence electrons. The molecule has 1 amide bonds. The Bertz CT molecular complexity index is 505. The van der Waals surface area contributed by atoms with Crippen molar-refractivity contribution in [3.8, 4) is 0 Å². The average Bonchev–Trinajstić information content (AvgIpc) is 2.86. The largest absolute Gasteiger partial charge is 0.374 e. The number of aryl methyl sites for hydroxylation is 1. The van der Waals surface area contributed by atoms with Crippen LogP contribution in [0.2, 0.25) is 0 Å². The lowest BCUT2D eigenvalue weighted by atomic mass is 10.2. The fourth-order valence-electron chi connectivity index (χ4n) is 3.04. The third-order valence-corrected chi connectivity index (χ3v) is 4.29. The summed E-state index contributed by atoms with van der Waals surface area (Å²) in [4.78, 5) is 24.8. The monoisotopic (exact) mass is 290 g/mol. The number of anilines is 1. The lowest BCUT2D eigenvalue weighted by Gasteiger charge is -2.25. The smallest absolute Gasteiger partial charge is 0.225 e. The number of fused-ring (bicyclic) bond motifs is 1. The molecule has 0 spiro atoms. The molecule has 2 aliphatic rings. The molecule has 0 unspecified atom stereocenters. The van der Waals surface area contributed by atoms with Gasteiger partial charge in [0.2, 0.25) is 11.9 Å². The summed E-state index contributed by atoms with van der Waals surface area (Å²) in [6.07, 6.45) is 6.43. The molecule has 1 aromatic rings. The topological polar surface area (TPSA) is 58.6 Å². The van der Waals surface area contributed by atoms with Gasteiger partial charge in [-0.1, -0.05) is 13.3 Å². The van der Waals surface area contributed by atoms with Crippen molar-refractivity contribution in [3.05, 3.63) is 18.0 Å². The van der Waals surface area contributed by atoms with Crippen molar-refractivity contribution in [2.24, 2.45) is 0 Å². The maximum Gasteiger partial charge on any atom is 0.225 e. The van der Waals surface area contributed by atoms with Gasteiger partial charge in [0, 0.05) is 32.5 Å². The second-order valence-corrected chi connectivity index (χ2v) is 5.78. The number of carbonyl (C=O) groups is 1. The molecule has 3 heterocycles. The second-order valence-electron chi connectivity index (χ2n) is 5.78. The minimum atomic E-state index is 0.0559. The summed E-state index contributed by atoms with van der Waals surface area (Å²) >= 11 is 0. The fraction of sp³-hybridized carbons (Fsp3) is 0.667. The molecule has 2 saturated heterocycles. The highest BCUT2D eigenvalue weighted by Crippen LogP contribution is 2.24. The van der Waals surface area contributed by atoms with E-state index < -0.39 is 0 Å². The van der Waals surface area contributed by atoms with E-state index in [4.69, 9.17) is 4.74 Å². The van der Waals surface area contributed by atoms with Gasteiger partial charge in [-0.2, -0.15) is 0 Å². The van der Waals surface area contributed by atoms with Crippen molar-refractivity contribution in [2.45, 2.75) is 38.3 Å². The number of likely N-dealkylation sites (N-methyl/N-ethyl adjacent to an activating group) is 1. The van der Waals surface area contributed by atoms with Crippen LogP contribution in [0.5, 0.6) is 0 Å². The van der Waals surface area contributed by atoms with Crippen molar-refractivity contribution in [1.29, 1.82) is 0 Å². The Morgan fingerprint density at radius 1 is 1.33 bits per heavy atom. The third-order valence-electron chi connectivity index (χ3n) is 4.29. The van der Waals surface area contributed by atoms with Crippen LogP contribution in [0.15, 0.2) is 12.4 Å². The second kappa shape index (κ2) is 5.97. The molecule has 0 aliphatic carbocycles. The van der Waals surface area contributed by atoms with Crippen LogP contribution in [0.1, 0.15) is 25.3 Å². The van der Waals surface area contributed by atoms with Crippen LogP contribution in [0, 0.1) is 0 Å². The van der Waals surface area contributed by atoms with E-state index in [9.17, 15) is 4.79 Å². The lowest BCUT2D eigenvalue weighted by Crippen LogP contribution is -2.42. The molecule has 6 heteroatoms. The van der Waals surface area contributed by atoms with E-state index in [1.807, 2.05) is 24.3 Å². The van der Waals surface area contributed by atoms with Gasteiger partial charge >= 0.3 is 0 Å². The van der Waals surface area contributed by atoms with Gasteiger partial charge in [0.25, 0.3) is 0 Å². The quantitative estimate of drug-likeness (QED) is 0.826. The van der Waals surface area contributed by atoms with Crippen LogP contribution in [0.25, 0.3) is 0 Å². The van der Waals surface area contributed by atoms with Gasteiger partial charge in [0.05, 0.1) is 25.2 Å². The Hall–Kier alpha value is -1.69. The van der Waals surface area contributed by atoms with E-state index >= 15 is 0 Å². The molecule has 1 aromatic heterocycles. The summed E-state index contributed by atoms with van der Waals surface area (Å²) in [5.74, 6) is 0.885. The van der Waals surface area contributed by atoms with E-state index in [0.717, 1.165) is 31.9 Å². The first kappa shape index (κ1) is 14.3. The number of amides is 1. The summed E-state index contributed by atoms with van der Waals surface area (Å²) in [5.41, 5.74) is 1.17. The standard InChI is InChI=1S/C15H22N4O2/c1-3-4-11-7-16-15(17-8-11)19-9-12-13(10-19)21-6-5-14(20)18(12)2/h7-8,12-13H,3-6,9-10H2,1-2H3/t12-,13-/m0/s1. The zero-order valence-electron chi connectivity index (χ0n) is 12.7. The van der Waals surface area contributed by atoms with Gasteiger partial charge in [0.1, 0.15) is 0 Å². The van der Waals surface area contributed by atoms with Crippen LogP contribution in [0.3, 0.4) is 0 Å². The first-order valence-electron chi connectivity index (χ1n) is 7.62. The highest BCUT2D eigenvalue weighted by molar-refractivity contribution is 5.76. The number of ether oxygens (including phenoxy) is 1. The van der Waals surface area contributed by atoms with Gasteiger partial charge < -0.3 is 14.5 Å². The first-order valence-corrected chi connectivity index (χ1v) is 7.62. The summed E-state index contributed by atoms with van der Waals surface area (Å²) in [7, 11) is 1.86. The molecule has 0 radical (unpaired) electrons. The van der Waals surface area contributed by atoms with E-state index in [2.05, 4.69) is 21.8 Å². The molecular formula is C15H22N4O2. The average molecular weight is 290 g/mol. The van der Waals surface area contributed by atoms with Crippen molar-refractivity contribution in [3.63, 3.8) is 0 Å². The predicted octanol–water partition coefficient (Wildman–Crippen LogP) is 0.865. The van der Waals surface area contributed by atoms with Crippen LogP contribution in [0.4, 0.5) is 5.95 Å². The number of hydrogen-bond acceptors (Lipinski definition) is 5. The summed E-state index contributed by atoms with van der Waals surface area (Å²) in [6, 6.07) is 0.0962. The van der Waals surface area contributed by atoms with Crippen LogP contribution in [-0.4, -0.2) is 59.7 Å². The van der Waals surface area contributed by atoms with Crippen molar-refractivity contribution in [2.75, 3.05) is 31.6 Å². The van der Waals surface area contributed by atoms with Crippen LogP contribution < -0.4 is 4.90 Å². The Labute approximate surface area is 125 Å². The maximum atomic E-state index is 11.9. The summed E-state index contributed by atoms with van der Waals surface area (Å²) in [5, 5.41) is 0. The Morgan fingerprint density at radius 3 is 2.81 bits per heavy atom. The first-order chi connectivity index (χ1) is 10.2. The van der Waals surface area contributed by atoms with Crippen molar-refractivity contribution < 1.29 is 9.53 Å². The number of aromatic nitrogens is 2. The van der Waals surface area contributed by atoms with Gasteiger partial charge in [-0.3, -0.25) is 4.79 Å². The zero-order chi connectivity index (χ0) is 14.8. The van der Waals surface area contributed by atoms with E-state index in [0.29, 0.717) is 13.0 Å². The number of rotatable bonds is 3. The molecule has 0 aromatic carbocycles. The Morgan fingerprint density at radius 2 is 2.10 bits per heavy atom. The number of hydrogen-bond donors (Lipinski definition) is 0. The van der Waals surface area contributed by atoms with Gasteiger partial charge in [0.15, 0.2) is 0 Å². The maximum absolute atomic E-state index is 11.9. The van der Waals surface area contributed by atoms with E-state index in [1.54, 1.807) is 0 Å². The van der Waals surface area contributed by atoms with Crippen LogP contribution >= 0.6 is 0 Å². The summed E-state index contributed by atoms with van der Waals surface area (Å²) in [6.45, 7) is 4.14. The third kappa shape index (κ3) is 2.85. The van der Waals surface area contributed by atoms with Crippen molar-refractivity contribution in [1.82, 2.24) is 14.9 Å². The van der Waals surface area contributed by atoms with Gasteiger partial charge in [-0.25, -0.2) is 9.97 Å². The normalized spacial score (nSPS) is 25.9. The molecule has 0 saturated carbocycles. The molecule has 3 rings (SSSR count). The molecule has 21 heavy (non-hydrogen) atoms. The predicted molar refractivity (Wildman–Crippen MR) is 79.2 cm³/mol. The minimum absolute atomic E-state index is 0.0559. The molecule has 0 bridgehead atoms. The summed E-state index contributed by atoms with van der Waals surface area (Å²) < 4.78 is 5.82. The van der Waals surface area contributed by atoms with E-state index in [-0.39, 0.29) is 18.1 Å². The van der Waals surface area contributed by atoms with Gasteiger partial charge in [-0.05, 0) is 12.0 Å². The van der Waals surface area contributed by atoms with Crippen LogP contribution in [-0.2, 0) is 16.0 Å². The Balaban J connectivity index is 1.72. The molecule has 2 aliphatic heterocycles. The fourth-order valence-corrected chi connectivity index (χ4v) is 3.04. The number of carbonyl (C=O) groups excluding carboxylic acids is 1. The van der Waals surface area contributed by atoms with Gasteiger partial charge in [-0.15, -0.1) is 0 Å². The SMILES string of the molecule is CCCc1cnc(N2C[C@@H]3OCCC(=O)N(C)[C@H]3C2)nc1. The zero-order valence-corrected chi connectivity index (χ0v) is 12.7. The molecule has 2 atom stereocenters. The Kier molecular flexibility index (Phi) is 4.05.